The highest BCUT2D eigenvalue weighted by atomic mass is 79.9. The predicted octanol–water partition coefficient (Wildman–Crippen LogP) is 3.50. The first-order valence-electron chi connectivity index (χ1n) is 7.65. The lowest BCUT2D eigenvalue weighted by atomic mass is 10.2. The lowest BCUT2D eigenvalue weighted by molar-refractivity contribution is -0.123. The van der Waals surface area contributed by atoms with Gasteiger partial charge in [-0.15, -0.1) is 0 Å². The molecule has 0 spiro atoms. The van der Waals surface area contributed by atoms with E-state index in [1.54, 1.807) is 0 Å². The summed E-state index contributed by atoms with van der Waals surface area (Å²) in [7, 11) is 0. The summed E-state index contributed by atoms with van der Waals surface area (Å²) >= 11 is 3.40. The Kier molecular flexibility index (Phi) is 5.45. The lowest BCUT2D eigenvalue weighted by Crippen LogP contribution is -2.28. The molecule has 0 aliphatic heterocycles. The predicted molar refractivity (Wildman–Crippen MR) is 96.0 cm³/mol. The highest BCUT2D eigenvalue weighted by Crippen LogP contribution is 2.20. The second-order valence-corrected chi connectivity index (χ2v) is 6.27. The smallest absolute Gasteiger partial charge is 0.258 e. The molecule has 128 valence electrons. The Bertz CT molecular complexity index is 879. The van der Waals surface area contributed by atoms with E-state index in [0.29, 0.717) is 17.5 Å². The minimum absolute atomic E-state index is 0.0719. The van der Waals surface area contributed by atoms with E-state index in [2.05, 4.69) is 31.4 Å². The fraction of sp³-hybridized carbons (Fsp3) is 0.167. The van der Waals surface area contributed by atoms with Gasteiger partial charge in [0.2, 0.25) is 11.7 Å². The first-order valence-corrected chi connectivity index (χ1v) is 8.45. The van der Waals surface area contributed by atoms with Crippen LogP contribution in [0.25, 0.3) is 11.4 Å². The molecule has 3 aromatic rings. The van der Waals surface area contributed by atoms with Gasteiger partial charge < -0.3 is 14.6 Å². The van der Waals surface area contributed by atoms with Crippen LogP contribution in [-0.2, 0) is 11.3 Å². The van der Waals surface area contributed by atoms with Gasteiger partial charge >= 0.3 is 0 Å². The Balaban J connectivity index is 1.52. The van der Waals surface area contributed by atoms with E-state index in [1.165, 1.54) is 0 Å². The monoisotopic (exact) mass is 401 g/mol. The largest absolute Gasteiger partial charge is 0.484 e. The molecule has 1 heterocycles. The summed E-state index contributed by atoms with van der Waals surface area (Å²) in [6, 6.07) is 15.1. The van der Waals surface area contributed by atoms with Gasteiger partial charge in [-0.3, -0.25) is 4.79 Å². The first kappa shape index (κ1) is 17.2. The normalized spacial score (nSPS) is 10.5. The van der Waals surface area contributed by atoms with Crippen molar-refractivity contribution in [2.24, 2.45) is 0 Å². The number of carbonyl (C=O) groups excluding carboxylic acids is 1. The average molecular weight is 402 g/mol. The summed E-state index contributed by atoms with van der Waals surface area (Å²) < 4.78 is 11.6. The van der Waals surface area contributed by atoms with Gasteiger partial charge in [-0.1, -0.05) is 51.4 Å². The second kappa shape index (κ2) is 7.94. The quantitative estimate of drug-likeness (QED) is 0.683. The third-order valence-corrected chi connectivity index (χ3v) is 3.93. The van der Waals surface area contributed by atoms with Crippen LogP contribution in [0.5, 0.6) is 5.75 Å². The van der Waals surface area contributed by atoms with E-state index in [-0.39, 0.29) is 19.1 Å². The summed E-state index contributed by atoms with van der Waals surface area (Å²) in [6.45, 7) is 2.00. The molecule has 0 radical (unpaired) electrons. The molecule has 3 rings (SSSR count). The molecule has 2 aromatic carbocycles. The SMILES string of the molecule is Cc1ccccc1OCC(=O)NCc1nc(-c2cccc(Br)c2)no1. The molecular weight excluding hydrogens is 386 g/mol. The van der Waals surface area contributed by atoms with Gasteiger partial charge in [0.1, 0.15) is 5.75 Å². The second-order valence-electron chi connectivity index (χ2n) is 5.35. The Labute approximate surface area is 153 Å². The van der Waals surface area contributed by atoms with Crippen LogP contribution in [0.3, 0.4) is 0 Å². The highest BCUT2D eigenvalue weighted by Gasteiger charge is 2.11. The van der Waals surface area contributed by atoms with E-state index >= 15 is 0 Å². The van der Waals surface area contributed by atoms with Crippen LogP contribution >= 0.6 is 15.9 Å². The van der Waals surface area contributed by atoms with Crippen LogP contribution in [0.1, 0.15) is 11.5 Å². The van der Waals surface area contributed by atoms with E-state index in [0.717, 1.165) is 15.6 Å². The van der Waals surface area contributed by atoms with Crippen molar-refractivity contribution in [3.8, 4) is 17.1 Å². The number of para-hydroxylation sites is 1. The molecule has 0 aliphatic rings. The van der Waals surface area contributed by atoms with Crippen molar-refractivity contribution in [3.05, 3.63) is 64.5 Å². The van der Waals surface area contributed by atoms with Crippen molar-refractivity contribution in [3.63, 3.8) is 0 Å². The standard InChI is InChI=1S/C18H16BrN3O3/c1-12-5-2-3-8-15(12)24-11-16(23)20-10-17-21-18(22-25-17)13-6-4-7-14(19)9-13/h2-9H,10-11H2,1H3,(H,20,23). The molecule has 0 bridgehead atoms. The summed E-state index contributed by atoms with van der Waals surface area (Å²) in [5.41, 5.74) is 1.81. The molecule has 0 fully saturated rings. The minimum Gasteiger partial charge on any atom is -0.484 e. The van der Waals surface area contributed by atoms with Crippen LogP contribution in [-0.4, -0.2) is 22.7 Å². The summed E-state index contributed by atoms with van der Waals surface area (Å²) in [5, 5.41) is 6.62. The first-order chi connectivity index (χ1) is 12.1. The van der Waals surface area contributed by atoms with Crippen LogP contribution in [0.2, 0.25) is 0 Å². The topological polar surface area (TPSA) is 77.2 Å². The maximum Gasteiger partial charge on any atom is 0.258 e. The van der Waals surface area contributed by atoms with Crippen LogP contribution < -0.4 is 10.1 Å². The van der Waals surface area contributed by atoms with E-state index in [1.807, 2.05) is 55.5 Å². The number of aryl methyl sites for hydroxylation is 1. The molecule has 1 aromatic heterocycles. The molecule has 25 heavy (non-hydrogen) atoms. The van der Waals surface area contributed by atoms with Crippen LogP contribution in [0, 0.1) is 6.92 Å². The molecule has 6 nitrogen and oxygen atoms in total. The van der Waals surface area contributed by atoms with Crippen molar-refractivity contribution in [1.82, 2.24) is 15.5 Å². The van der Waals surface area contributed by atoms with Gasteiger partial charge in [-0.05, 0) is 30.7 Å². The number of benzene rings is 2. The molecular formula is C18H16BrN3O3. The molecule has 7 heteroatoms. The summed E-state index contributed by atoms with van der Waals surface area (Å²) in [6.07, 6.45) is 0. The average Bonchev–Trinajstić information content (AvgIpc) is 3.08. The van der Waals surface area contributed by atoms with Crippen molar-refractivity contribution in [2.75, 3.05) is 6.61 Å². The Morgan fingerprint density at radius 1 is 1.24 bits per heavy atom. The number of hydrogen-bond acceptors (Lipinski definition) is 5. The number of nitrogens with one attached hydrogen (secondary N) is 1. The number of hydrogen-bond donors (Lipinski definition) is 1. The van der Waals surface area contributed by atoms with Gasteiger partial charge in [0, 0.05) is 10.0 Å². The summed E-state index contributed by atoms with van der Waals surface area (Å²) in [5.74, 6) is 1.23. The number of aromatic nitrogens is 2. The Hall–Kier alpha value is -2.67. The zero-order valence-corrected chi connectivity index (χ0v) is 15.1. The van der Waals surface area contributed by atoms with E-state index in [4.69, 9.17) is 9.26 Å². The molecule has 1 amide bonds. The van der Waals surface area contributed by atoms with Crippen molar-refractivity contribution < 1.29 is 14.1 Å². The molecule has 0 atom stereocenters. The maximum atomic E-state index is 11.9. The molecule has 1 N–H and O–H groups in total. The number of nitrogens with zero attached hydrogens (tertiary/aromatic N) is 2. The van der Waals surface area contributed by atoms with Gasteiger partial charge in [0.15, 0.2) is 6.61 Å². The number of amides is 1. The van der Waals surface area contributed by atoms with Gasteiger partial charge in [-0.2, -0.15) is 4.98 Å². The zero-order chi connectivity index (χ0) is 17.6. The van der Waals surface area contributed by atoms with Crippen molar-refractivity contribution in [2.45, 2.75) is 13.5 Å². The maximum absolute atomic E-state index is 11.9. The van der Waals surface area contributed by atoms with Crippen molar-refractivity contribution >= 4 is 21.8 Å². The number of carbonyl (C=O) groups is 1. The highest BCUT2D eigenvalue weighted by molar-refractivity contribution is 9.10. The van der Waals surface area contributed by atoms with Gasteiger partial charge in [0.25, 0.3) is 5.91 Å². The molecule has 0 saturated heterocycles. The summed E-state index contributed by atoms with van der Waals surface area (Å²) in [4.78, 5) is 16.2. The fourth-order valence-electron chi connectivity index (χ4n) is 2.16. The molecule has 0 saturated carbocycles. The minimum atomic E-state index is -0.259. The zero-order valence-electron chi connectivity index (χ0n) is 13.5. The molecule has 0 unspecified atom stereocenters. The number of ether oxygens (including phenoxy) is 1. The fourth-order valence-corrected chi connectivity index (χ4v) is 2.56. The number of halogens is 1. The van der Waals surface area contributed by atoms with Crippen LogP contribution in [0.4, 0.5) is 0 Å². The Morgan fingerprint density at radius 3 is 2.88 bits per heavy atom. The third kappa shape index (κ3) is 4.67. The molecule has 0 aliphatic carbocycles. The Morgan fingerprint density at radius 2 is 2.08 bits per heavy atom. The van der Waals surface area contributed by atoms with Crippen molar-refractivity contribution in [1.29, 1.82) is 0 Å². The van der Waals surface area contributed by atoms with Gasteiger partial charge in [-0.25, -0.2) is 0 Å². The van der Waals surface area contributed by atoms with Crippen LogP contribution in [0.15, 0.2) is 57.5 Å². The lowest BCUT2D eigenvalue weighted by Gasteiger charge is -2.08. The number of rotatable bonds is 6. The van der Waals surface area contributed by atoms with E-state index < -0.39 is 0 Å². The van der Waals surface area contributed by atoms with E-state index in [9.17, 15) is 4.79 Å². The van der Waals surface area contributed by atoms with Gasteiger partial charge in [0.05, 0.1) is 6.54 Å². The third-order valence-electron chi connectivity index (χ3n) is 3.44.